The minimum atomic E-state index is -0.569. The van der Waals surface area contributed by atoms with Gasteiger partial charge in [0.05, 0.1) is 0 Å². The zero-order valence-electron chi connectivity index (χ0n) is 21.8. The monoisotopic (exact) mass is 495 g/mol. The van der Waals surface area contributed by atoms with Gasteiger partial charge in [-0.2, -0.15) is 0 Å². The zero-order chi connectivity index (χ0) is 25.9. The molecule has 1 aliphatic heterocycles. The quantitative estimate of drug-likeness (QED) is 0.572. The van der Waals surface area contributed by atoms with Gasteiger partial charge in [-0.15, -0.1) is 0 Å². The van der Waals surface area contributed by atoms with Crippen molar-refractivity contribution in [2.45, 2.75) is 91.2 Å². The first-order valence-corrected chi connectivity index (χ1v) is 12.8. The highest BCUT2D eigenvalue weighted by Crippen LogP contribution is 2.41. The van der Waals surface area contributed by atoms with Crippen LogP contribution < -0.4 is 10.6 Å². The third kappa shape index (κ3) is 8.19. The van der Waals surface area contributed by atoms with E-state index in [9.17, 15) is 14.4 Å². The van der Waals surface area contributed by atoms with Gasteiger partial charge in [-0.05, 0) is 64.2 Å². The predicted octanol–water partition coefficient (Wildman–Crippen LogP) is 5.06. The Hall–Kier alpha value is -2.28. The third-order valence-electron chi connectivity index (χ3n) is 5.85. The van der Waals surface area contributed by atoms with Crippen LogP contribution in [-0.4, -0.2) is 54.1 Å². The average molecular weight is 496 g/mol. The molecule has 0 spiro atoms. The number of carbonyl (C=O) groups is 3. The fourth-order valence-electron chi connectivity index (χ4n) is 4.35. The Morgan fingerprint density at radius 1 is 1.18 bits per heavy atom. The van der Waals surface area contributed by atoms with E-state index in [4.69, 9.17) is 16.3 Å². The normalized spacial score (nSPS) is 22.4. The van der Waals surface area contributed by atoms with E-state index < -0.39 is 23.5 Å². The number of amides is 3. The van der Waals surface area contributed by atoms with Crippen molar-refractivity contribution in [3.63, 3.8) is 0 Å². The second-order valence-electron chi connectivity index (χ2n) is 9.13. The molecular weight excluding hydrogens is 454 g/mol. The maximum atomic E-state index is 12.3. The van der Waals surface area contributed by atoms with Gasteiger partial charge in [0.1, 0.15) is 5.60 Å². The summed E-state index contributed by atoms with van der Waals surface area (Å²) in [6.07, 6.45) is 2.58. The van der Waals surface area contributed by atoms with Gasteiger partial charge in [-0.3, -0.25) is 9.59 Å². The number of hydrogen-bond acceptors (Lipinski definition) is 4. The molecule has 1 aliphatic carbocycles. The molecule has 34 heavy (non-hydrogen) atoms. The van der Waals surface area contributed by atoms with Gasteiger partial charge in [0.25, 0.3) is 0 Å². The van der Waals surface area contributed by atoms with E-state index in [1.165, 1.54) is 0 Å². The smallest absolute Gasteiger partial charge is 0.407 e. The fourth-order valence-corrected chi connectivity index (χ4v) is 4.54. The van der Waals surface area contributed by atoms with Crippen LogP contribution in [0.4, 0.5) is 4.79 Å². The van der Waals surface area contributed by atoms with E-state index in [1.54, 1.807) is 4.90 Å². The highest BCUT2D eigenvalue weighted by atomic mass is 35.5. The van der Waals surface area contributed by atoms with Crippen LogP contribution in [0.5, 0.6) is 0 Å². The standard InChI is InChI=1S/C22H30ClN3O4.2C2H6/c1-21(2,3)30-20(29)25-14-22(15-5-4-6-16(23)13-15)9-7-17(8-10-22)26-12-11-24-18(27)19(26)28;2*1-2/h4-6,13,17H,7-12,14H2,1-3H3,(H,24,27)(H,25,29);2*1-2H3. The fraction of sp³-hybridized carbons (Fsp3) is 0.654. The van der Waals surface area contributed by atoms with Crippen molar-refractivity contribution < 1.29 is 19.1 Å². The molecule has 2 aliphatic rings. The number of benzene rings is 1. The van der Waals surface area contributed by atoms with Gasteiger partial charge in [0.2, 0.25) is 0 Å². The van der Waals surface area contributed by atoms with Gasteiger partial charge in [-0.25, -0.2) is 4.79 Å². The summed E-state index contributed by atoms with van der Waals surface area (Å²) < 4.78 is 5.40. The van der Waals surface area contributed by atoms with Crippen molar-refractivity contribution in [1.29, 1.82) is 0 Å². The maximum absolute atomic E-state index is 12.3. The zero-order valence-corrected chi connectivity index (χ0v) is 22.6. The summed E-state index contributed by atoms with van der Waals surface area (Å²) in [5, 5.41) is 6.17. The molecule has 7 nitrogen and oxygen atoms in total. The molecule has 2 fully saturated rings. The average Bonchev–Trinajstić information content (AvgIpc) is 2.81. The van der Waals surface area contributed by atoms with Crippen molar-refractivity contribution in [3.05, 3.63) is 34.9 Å². The Balaban J connectivity index is 0.00000137. The molecule has 1 aromatic carbocycles. The summed E-state index contributed by atoms with van der Waals surface area (Å²) in [5.74, 6) is -0.979. The minimum absolute atomic E-state index is 0.0254. The molecule has 0 radical (unpaired) electrons. The van der Waals surface area contributed by atoms with E-state index in [0.717, 1.165) is 31.2 Å². The summed E-state index contributed by atoms with van der Waals surface area (Å²) in [6.45, 7) is 14.9. The Labute approximate surface area is 209 Å². The highest BCUT2D eigenvalue weighted by molar-refractivity contribution is 6.35. The van der Waals surface area contributed by atoms with Crippen molar-refractivity contribution in [3.8, 4) is 0 Å². The summed E-state index contributed by atoms with van der Waals surface area (Å²) >= 11 is 6.25. The molecule has 1 aromatic rings. The Kier molecular flexibility index (Phi) is 11.9. The van der Waals surface area contributed by atoms with E-state index in [0.29, 0.717) is 24.7 Å². The van der Waals surface area contributed by atoms with E-state index >= 15 is 0 Å². The van der Waals surface area contributed by atoms with Crippen LogP contribution in [0.3, 0.4) is 0 Å². The number of nitrogens with one attached hydrogen (secondary N) is 2. The molecule has 1 heterocycles. The number of piperazine rings is 1. The van der Waals surface area contributed by atoms with Crippen LogP contribution >= 0.6 is 11.6 Å². The summed E-state index contributed by atoms with van der Waals surface area (Å²) in [6, 6.07) is 7.74. The lowest BCUT2D eigenvalue weighted by molar-refractivity contribution is -0.150. The third-order valence-corrected chi connectivity index (χ3v) is 6.09. The number of hydrogen-bond donors (Lipinski definition) is 2. The van der Waals surface area contributed by atoms with Gasteiger partial charge in [0.15, 0.2) is 0 Å². The number of rotatable bonds is 4. The number of alkyl carbamates (subject to hydrolysis) is 1. The second kappa shape index (κ2) is 13.6. The van der Waals surface area contributed by atoms with Crippen molar-refractivity contribution >= 4 is 29.5 Å². The largest absolute Gasteiger partial charge is 0.444 e. The molecule has 192 valence electrons. The number of halogens is 1. The van der Waals surface area contributed by atoms with Gasteiger partial charge in [-0.1, -0.05) is 51.4 Å². The van der Waals surface area contributed by atoms with Crippen LogP contribution in [0.1, 0.15) is 79.7 Å². The van der Waals surface area contributed by atoms with Crippen LogP contribution in [0.15, 0.2) is 24.3 Å². The van der Waals surface area contributed by atoms with Gasteiger partial charge >= 0.3 is 17.9 Å². The second-order valence-corrected chi connectivity index (χ2v) is 9.57. The number of carbonyl (C=O) groups excluding carboxylic acids is 3. The molecule has 0 atom stereocenters. The van der Waals surface area contributed by atoms with Gasteiger partial charge < -0.3 is 20.3 Å². The van der Waals surface area contributed by atoms with Gasteiger partial charge in [0, 0.05) is 36.1 Å². The van der Waals surface area contributed by atoms with Crippen LogP contribution in [0, 0.1) is 0 Å². The first-order valence-electron chi connectivity index (χ1n) is 12.4. The molecule has 1 saturated heterocycles. The van der Waals surface area contributed by atoms with Crippen LogP contribution in [-0.2, 0) is 19.7 Å². The molecule has 3 rings (SSSR count). The van der Waals surface area contributed by atoms with E-state index in [2.05, 4.69) is 10.6 Å². The van der Waals surface area contributed by atoms with Crippen molar-refractivity contribution in [2.75, 3.05) is 19.6 Å². The molecule has 0 unspecified atom stereocenters. The number of ether oxygens (including phenoxy) is 1. The Morgan fingerprint density at radius 2 is 1.79 bits per heavy atom. The molecule has 0 bridgehead atoms. The van der Waals surface area contributed by atoms with E-state index in [-0.39, 0.29) is 11.5 Å². The SMILES string of the molecule is CC.CC.CC(C)(C)OC(=O)NCC1(c2cccc(Cl)c2)CCC(N2CCNC(=O)C2=O)CC1. The predicted molar refractivity (Wildman–Crippen MR) is 137 cm³/mol. The van der Waals surface area contributed by atoms with Crippen LogP contribution in [0.2, 0.25) is 5.02 Å². The highest BCUT2D eigenvalue weighted by Gasteiger charge is 2.41. The molecule has 0 aromatic heterocycles. The minimum Gasteiger partial charge on any atom is -0.444 e. The van der Waals surface area contributed by atoms with Crippen molar-refractivity contribution in [2.24, 2.45) is 0 Å². The number of nitrogens with zero attached hydrogens (tertiary/aromatic N) is 1. The maximum Gasteiger partial charge on any atom is 0.407 e. The Bertz CT molecular complexity index is 815. The van der Waals surface area contributed by atoms with Crippen LogP contribution in [0.25, 0.3) is 0 Å². The first-order chi connectivity index (χ1) is 16.1. The van der Waals surface area contributed by atoms with E-state index in [1.807, 2.05) is 72.7 Å². The summed E-state index contributed by atoms with van der Waals surface area (Å²) in [5.41, 5.74) is 0.187. The molecule has 1 saturated carbocycles. The topological polar surface area (TPSA) is 87.7 Å². The molecule has 2 N–H and O–H groups in total. The molecule has 3 amide bonds. The first kappa shape index (κ1) is 29.8. The lowest BCUT2D eigenvalue weighted by atomic mass is 9.67. The Morgan fingerprint density at radius 3 is 2.35 bits per heavy atom. The summed E-state index contributed by atoms with van der Waals surface area (Å²) in [7, 11) is 0. The lowest BCUT2D eigenvalue weighted by Crippen LogP contribution is -2.57. The molecular formula is C26H42ClN3O4. The van der Waals surface area contributed by atoms with Crippen molar-refractivity contribution in [1.82, 2.24) is 15.5 Å². The molecule has 8 heteroatoms. The lowest BCUT2D eigenvalue weighted by Gasteiger charge is -2.44. The summed E-state index contributed by atoms with van der Waals surface area (Å²) in [4.78, 5) is 38.0.